The molecule has 19 heavy (non-hydrogen) atoms. The first-order chi connectivity index (χ1) is 9.31. The number of hydrogen-bond donors (Lipinski definition) is 2. The van der Waals surface area contributed by atoms with Crippen molar-refractivity contribution < 1.29 is 4.79 Å². The van der Waals surface area contributed by atoms with Crippen molar-refractivity contribution in [1.82, 2.24) is 15.2 Å². The molecule has 0 bridgehead atoms. The van der Waals surface area contributed by atoms with E-state index in [9.17, 15) is 4.79 Å². The van der Waals surface area contributed by atoms with Gasteiger partial charge in [-0.15, -0.1) is 11.3 Å². The number of thiazole rings is 1. The predicted octanol–water partition coefficient (Wildman–Crippen LogP) is 2.75. The van der Waals surface area contributed by atoms with Crippen LogP contribution in [0, 0.1) is 0 Å². The summed E-state index contributed by atoms with van der Waals surface area (Å²) >= 11 is 3.04. The van der Waals surface area contributed by atoms with E-state index in [4.69, 9.17) is 0 Å². The van der Waals surface area contributed by atoms with E-state index in [1.54, 1.807) is 23.6 Å². The molecule has 96 valence electrons. The van der Waals surface area contributed by atoms with Crippen LogP contribution in [0.25, 0.3) is 10.2 Å². The smallest absolute Gasteiger partial charge is 0.235 e. The molecule has 3 aromatic rings. The lowest BCUT2D eigenvalue weighted by atomic mass is 10.3. The van der Waals surface area contributed by atoms with Crippen LogP contribution < -0.4 is 5.32 Å². The lowest BCUT2D eigenvalue weighted by molar-refractivity contribution is -0.113. The number of fused-ring (bicyclic) bond motifs is 1. The number of carbonyl (C=O) groups is 1. The number of amides is 1. The molecule has 0 unspecified atom stereocenters. The summed E-state index contributed by atoms with van der Waals surface area (Å²) in [5.74, 6) is 0.863. The quantitative estimate of drug-likeness (QED) is 0.725. The SMILES string of the molecule is O=C(CSc1nc2ccccc2s1)Nc1ccn[nH]1. The summed E-state index contributed by atoms with van der Waals surface area (Å²) in [6.07, 6.45) is 1.59. The van der Waals surface area contributed by atoms with Gasteiger partial charge in [0.05, 0.1) is 22.2 Å². The maximum absolute atomic E-state index is 11.7. The Labute approximate surface area is 117 Å². The molecule has 0 saturated carbocycles. The van der Waals surface area contributed by atoms with Crippen molar-refractivity contribution in [3.8, 4) is 0 Å². The fourth-order valence-electron chi connectivity index (χ4n) is 1.55. The van der Waals surface area contributed by atoms with Gasteiger partial charge in [-0.25, -0.2) is 4.98 Å². The fraction of sp³-hybridized carbons (Fsp3) is 0.0833. The molecule has 1 aromatic carbocycles. The van der Waals surface area contributed by atoms with Gasteiger partial charge in [-0.3, -0.25) is 9.89 Å². The number of aromatic amines is 1. The summed E-state index contributed by atoms with van der Waals surface area (Å²) in [6, 6.07) is 9.66. The van der Waals surface area contributed by atoms with Gasteiger partial charge < -0.3 is 5.32 Å². The highest BCUT2D eigenvalue weighted by Gasteiger charge is 2.08. The zero-order valence-electron chi connectivity index (χ0n) is 9.79. The van der Waals surface area contributed by atoms with E-state index in [-0.39, 0.29) is 5.91 Å². The predicted molar refractivity (Wildman–Crippen MR) is 77.6 cm³/mol. The Hall–Kier alpha value is -1.86. The Morgan fingerprint density at radius 3 is 3.05 bits per heavy atom. The van der Waals surface area contributed by atoms with Gasteiger partial charge in [-0.2, -0.15) is 5.10 Å². The van der Waals surface area contributed by atoms with E-state index in [1.165, 1.54) is 11.8 Å². The van der Waals surface area contributed by atoms with Crippen molar-refractivity contribution in [3.63, 3.8) is 0 Å². The van der Waals surface area contributed by atoms with E-state index < -0.39 is 0 Å². The average Bonchev–Trinajstić information content (AvgIpc) is 3.04. The molecule has 0 aliphatic heterocycles. The van der Waals surface area contributed by atoms with E-state index in [1.807, 2.05) is 24.3 Å². The van der Waals surface area contributed by atoms with Crippen molar-refractivity contribution in [2.75, 3.05) is 11.1 Å². The van der Waals surface area contributed by atoms with E-state index in [2.05, 4.69) is 20.5 Å². The number of para-hydroxylation sites is 1. The number of anilines is 1. The van der Waals surface area contributed by atoms with Gasteiger partial charge >= 0.3 is 0 Å². The summed E-state index contributed by atoms with van der Waals surface area (Å²) in [6.45, 7) is 0. The third-order valence-corrected chi connectivity index (χ3v) is 4.56. The number of aromatic nitrogens is 3. The minimum Gasteiger partial charge on any atom is -0.310 e. The van der Waals surface area contributed by atoms with Gasteiger partial charge in [-0.1, -0.05) is 23.9 Å². The third kappa shape index (κ3) is 2.94. The first-order valence-electron chi connectivity index (χ1n) is 5.59. The summed E-state index contributed by atoms with van der Waals surface area (Å²) in [4.78, 5) is 16.2. The van der Waals surface area contributed by atoms with Gasteiger partial charge in [0.1, 0.15) is 5.82 Å². The van der Waals surface area contributed by atoms with Crippen LogP contribution in [0.4, 0.5) is 5.82 Å². The average molecular weight is 290 g/mol. The van der Waals surface area contributed by atoms with E-state index in [0.29, 0.717) is 11.6 Å². The fourth-order valence-corrected chi connectivity index (χ4v) is 3.42. The third-order valence-electron chi connectivity index (χ3n) is 2.38. The molecule has 0 aliphatic rings. The summed E-state index contributed by atoms with van der Waals surface area (Å²) in [5.41, 5.74) is 0.976. The van der Waals surface area contributed by atoms with Crippen molar-refractivity contribution in [2.24, 2.45) is 0 Å². The molecule has 0 radical (unpaired) electrons. The number of rotatable bonds is 4. The molecule has 0 aliphatic carbocycles. The molecule has 0 fully saturated rings. The van der Waals surface area contributed by atoms with E-state index >= 15 is 0 Å². The normalized spacial score (nSPS) is 10.7. The standard InChI is InChI=1S/C12H10N4OS2/c17-11(15-10-5-6-13-16-10)7-18-12-14-8-3-1-2-4-9(8)19-12/h1-6H,7H2,(H2,13,15,16,17). The number of nitrogens with zero attached hydrogens (tertiary/aromatic N) is 2. The van der Waals surface area contributed by atoms with Crippen molar-refractivity contribution in [2.45, 2.75) is 4.34 Å². The van der Waals surface area contributed by atoms with Gasteiger partial charge in [0.2, 0.25) is 5.91 Å². The number of benzene rings is 1. The molecule has 0 spiro atoms. The van der Waals surface area contributed by atoms with Crippen LogP contribution in [0.3, 0.4) is 0 Å². The molecule has 2 N–H and O–H groups in total. The highest BCUT2D eigenvalue weighted by atomic mass is 32.2. The molecule has 2 aromatic heterocycles. The van der Waals surface area contributed by atoms with Crippen molar-refractivity contribution in [3.05, 3.63) is 36.5 Å². The molecule has 3 rings (SSSR count). The van der Waals surface area contributed by atoms with Crippen LogP contribution in [-0.4, -0.2) is 26.8 Å². The second kappa shape index (κ2) is 5.41. The number of H-pyrrole nitrogens is 1. The lowest BCUT2D eigenvalue weighted by Gasteiger charge is -1.99. The van der Waals surface area contributed by atoms with Crippen LogP contribution in [0.1, 0.15) is 0 Å². The van der Waals surface area contributed by atoms with Crippen molar-refractivity contribution >= 4 is 45.0 Å². The topological polar surface area (TPSA) is 70.7 Å². The molecule has 2 heterocycles. The second-order valence-corrected chi connectivity index (χ2v) is 6.01. The number of nitrogens with one attached hydrogen (secondary N) is 2. The molecular formula is C12H10N4OS2. The van der Waals surface area contributed by atoms with Gasteiger partial charge in [0, 0.05) is 6.07 Å². The first kappa shape index (κ1) is 12.2. The largest absolute Gasteiger partial charge is 0.310 e. The number of hydrogen-bond acceptors (Lipinski definition) is 5. The highest BCUT2D eigenvalue weighted by molar-refractivity contribution is 8.01. The maximum atomic E-state index is 11.7. The monoisotopic (exact) mass is 290 g/mol. The Kier molecular flexibility index (Phi) is 3.47. The molecular weight excluding hydrogens is 280 g/mol. The minimum absolute atomic E-state index is 0.0755. The summed E-state index contributed by atoms with van der Waals surface area (Å²) in [7, 11) is 0. The van der Waals surface area contributed by atoms with Crippen LogP contribution in [0.5, 0.6) is 0 Å². The molecule has 7 heteroatoms. The zero-order valence-corrected chi connectivity index (χ0v) is 11.4. The molecule has 1 amide bonds. The Morgan fingerprint density at radius 2 is 2.26 bits per heavy atom. The molecule has 0 saturated heterocycles. The van der Waals surface area contributed by atoms with Gasteiger partial charge in [0.15, 0.2) is 4.34 Å². The Bertz CT molecular complexity index is 660. The van der Waals surface area contributed by atoms with Crippen LogP contribution in [0.2, 0.25) is 0 Å². The molecule has 5 nitrogen and oxygen atoms in total. The van der Waals surface area contributed by atoms with Crippen LogP contribution in [-0.2, 0) is 4.79 Å². The zero-order chi connectivity index (χ0) is 13.1. The highest BCUT2D eigenvalue weighted by Crippen LogP contribution is 2.29. The Balaban J connectivity index is 1.61. The lowest BCUT2D eigenvalue weighted by Crippen LogP contribution is -2.14. The second-order valence-electron chi connectivity index (χ2n) is 3.75. The summed E-state index contributed by atoms with van der Waals surface area (Å²) < 4.78 is 2.04. The van der Waals surface area contributed by atoms with Crippen LogP contribution >= 0.6 is 23.1 Å². The molecule has 0 atom stereocenters. The Morgan fingerprint density at radius 1 is 1.37 bits per heavy atom. The number of thioether (sulfide) groups is 1. The number of carbonyl (C=O) groups excluding carboxylic acids is 1. The maximum Gasteiger partial charge on any atom is 0.235 e. The van der Waals surface area contributed by atoms with Gasteiger partial charge in [0.25, 0.3) is 0 Å². The first-order valence-corrected chi connectivity index (χ1v) is 7.39. The van der Waals surface area contributed by atoms with Crippen LogP contribution in [0.15, 0.2) is 40.9 Å². The summed E-state index contributed by atoms with van der Waals surface area (Å²) in [5, 5.41) is 9.17. The van der Waals surface area contributed by atoms with Crippen molar-refractivity contribution in [1.29, 1.82) is 0 Å². The van der Waals surface area contributed by atoms with E-state index in [0.717, 1.165) is 14.6 Å². The minimum atomic E-state index is -0.0755. The van der Waals surface area contributed by atoms with Gasteiger partial charge in [-0.05, 0) is 12.1 Å².